The quantitative estimate of drug-likeness (QED) is 0.637. The number of halogens is 1. The molecule has 0 fully saturated rings. The van der Waals surface area contributed by atoms with Crippen LogP contribution in [0.3, 0.4) is 0 Å². The molecule has 7 nitrogen and oxygen atoms in total. The number of amides is 2. The largest absolute Gasteiger partial charge is 0.355 e. The number of carbonyl (C=O) groups is 2. The average Bonchev–Trinajstić information content (AvgIpc) is 2.73. The normalized spacial score (nSPS) is 12.5. The molecule has 0 aliphatic carbocycles. The molecule has 2 amide bonds. The predicted octanol–water partition coefficient (Wildman–Crippen LogP) is 2.31. The maximum absolute atomic E-state index is 14.2. The second-order valence-electron chi connectivity index (χ2n) is 7.26. The molecular formula is C22H28FN3O4S. The lowest BCUT2D eigenvalue weighted by molar-refractivity contribution is -0.140. The Labute approximate surface area is 182 Å². The Morgan fingerprint density at radius 3 is 2.29 bits per heavy atom. The smallest absolute Gasteiger partial charge is 0.243 e. The third kappa shape index (κ3) is 6.11. The van der Waals surface area contributed by atoms with Crippen LogP contribution in [0.2, 0.25) is 0 Å². The van der Waals surface area contributed by atoms with Crippen molar-refractivity contribution in [3.05, 3.63) is 65.5 Å². The highest BCUT2D eigenvalue weighted by Gasteiger charge is 2.30. The number of rotatable bonds is 9. The molecule has 2 aromatic rings. The van der Waals surface area contributed by atoms with Gasteiger partial charge in [-0.2, -0.15) is 4.31 Å². The van der Waals surface area contributed by atoms with Gasteiger partial charge in [-0.3, -0.25) is 9.59 Å². The van der Waals surface area contributed by atoms with Crippen LogP contribution in [0.1, 0.15) is 25.0 Å². The maximum atomic E-state index is 14.2. The van der Waals surface area contributed by atoms with Crippen molar-refractivity contribution in [3.8, 4) is 0 Å². The molecule has 1 atom stereocenters. The number of hydrogen-bond acceptors (Lipinski definition) is 4. The highest BCUT2D eigenvalue weighted by atomic mass is 32.2. The predicted molar refractivity (Wildman–Crippen MR) is 116 cm³/mol. The van der Waals surface area contributed by atoms with E-state index in [1.807, 2.05) is 6.92 Å². The van der Waals surface area contributed by atoms with E-state index in [9.17, 15) is 22.4 Å². The second-order valence-corrected chi connectivity index (χ2v) is 9.30. The minimum Gasteiger partial charge on any atom is -0.355 e. The molecule has 0 aromatic heterocycles. The summed E-state index contributed by atoms with van der Waals surface area (Å²) >= 11 is 0. The Hall–Kier alpha value is -2.78. The van der Waals surface area contributed by atoms with Gasteiger partial charge in [0.25, 0.3) is 0 Å². The first-order valence-electron chi connectivity index (χ1n) is 9.91. The number of likely N-dealkylation sites (N-methyl/N-ethyl adjacent to an activating group) is 2. The lowest BCUT2D eigenvalue weighted by Crippen LogP contribution is -2.50. The van der Waals surface area contributed by atoms with Gasteiger partial charge in [0.2, 0.25) is 21.8 Å². The molecule has 0 radical (unpaired) electrons. The zero-order valence-corrected chi connectivity index (χ0v) is 18.9. The molecule has 0 aliphatic rings. The van der Waals surface area contributed by atoms with E-state index >= 15 is 0 Å². The minimum atomic E-state index is -3.91. The summed E-state index contributed by atoms with van der Waals surface area (Å²) in [7, 11) is -2.61. The van der Waals surface area contributed by atoms with E-state index < -0.39 is 40.2 Å². The maximum Gasteiger partial charge on any atom is 0.243 e. The number of sulfonamides is 1. The Morgan fingerprint density at radius 1 is 1.10 bits per heavy atom. The summed E-state index contributed by atoms with van der Waals surface area (Å²) in [6, 6.07) is 11.3. The van der Waals surface area contributed by atoms with Crippen LogP contribution < -0.4 is 5.32 Å². The number of benzene rings is 2. The number of nitrogens with zero attached hydrogens (tertiary/aromatic N) is 2. The molecule has 9 heteroatoms. The van der Waals surface area contributed by atoms with E-state index in [0.29, 0.717) is 6.54 Å². The van der Waals surface area contributed by atoms with Gasteiger partial charge in [0.05, 0.1) is 11.4 Å². The molecule has 2 rings (SSSR count). The van der Waals surface area contributed by atoms with Crippen molar-refractivity contribution in [1.29, 1.82) is 0 Å². The van der Waals surface area contributed by atoms with Crippen molar-refractivity contribution in [1.82, 2.24) is 14.5 Å². The Balaban J connectivity index is 2.28. The van der Waals surface area contributed by atoms with Crippen molar-refractivity contribution < 1.29 is 22.4 Å². The highest BCUT2D eigenvalue weighted by Crippen LogP contribution is 2.17. The van der Waals surface area contributed by atoms with Crippen LogP contribution in [-0.4, -0.2) is 55.6 Å². The molecule has 0 unspecified atom stereocenters. The van der Waals surface area contributed by atoms with Gasteiger partial charge in [0.15, 0.2) is 0 Å². The van der Waals surface area contributed by atoms with Gasteiger partial charge in [0.1, 0.15) is 11.9 Å². The lowest BCUT2D eigenvalue weighted by Gasteiger charge is -2.30. The van der Waals surface area contributed by atoms with Gasteiger partial charge in [-0.15, -0.1) is 0 Å². The summed E-state index contributed by atoms with van der Waals surface area (Å²) < 4.78 is 40.8. The second kappa shape index (κ2) is 10.5. The van der Waals surface area contributed by atoms with Gasteiger partial charge in [-0.1, -0.05) is 35.9 Å². The Kier molecular flexibility index (Phi) is 8.29. The molecule has 31 heavy (non-hydrogen) atoms. The molecule has 0 saturated heterocycles. The minimum absolute atomic E-state index is 0.0610. The van der Waals surface area contributed by atoms with Crippen LogP contribution >= 0.6 is 0 Å². The van der Waals surface area contributed by atoms with Gasteiger partial charge < -0.3 is 10.2 Å². The van der Waals surface area contributed by atoms with E-state index in [-0.39, 0.29) is 17.0 Å². The first kappa shape index (κ1) is 24.5. The molecule has 0 aliphatic heterocycles. The van der Waals surface area contributed by atoms with E-state index in [2.05, 4.69) is 5.32 Å². The Morgan fingerprint density at radius 2 is 1.71 bits per heavy atom. The molecule has 0 spiro atoms. The molecule has 168 valence electrons. The van der Waals surface area contributed by atoms with Gasteiger partial charge >= 0.3 is 0 Å². The van der Waals surface area contributed by atoms with Crippen molar-refractivity contribution in [2.24, 2.45) is 0 Å². The van der Waals surface area contributed by atoms with Crippen LogP contribution in [-0.2, 0) is 26.2 Å². The third-order valence-corrected chi connectivity index (χ3v) is 6.72. The monoisotopic (exact) mass is 449 g/mol. The number of carbonyl (C=O) groups excluding carboxylic acids is 2. The molecular weight excluding hydrogens is 421 g/mol. The fourth-order valence-electron chi connectivity index (χ4n) is 2.97. The molecule has 2 aromatic carbocycles. The first-order chi connectivity index (χ1) is 14.6. The summed E-state index contributed by atoms with van der Waals surface area (Å²) in [5.41, 5.74) is 1.14. The third-order valence-electron chi connectivity index (χ3n) is 4.90. The highest BCUT2D eigenvalue weighted by molar-refractivity contribution is 7.89. The topological polar surface area (TPSA) is 86.8 Å². The van der Waals surface area contributed by atoms with Crippen LogP contribution in [0.15, 0.2) is 53.4 Å². The van der Waals surface area contributed by atoms with Crippen molar-refractivity contribution in [3.63, 3.8) is 0 Å². The van der Waals surface area contributed by atoms with Crippen molar-refractivity contribution in [2.45, 2.75) is 38.3 Å². The van der Waals surface area contributed by atoms with Crippen LogP contribution in [0, 0.1) is 12.7 Å². The van der Waals surface area contributed by atoms with E-state index in [1.54, 1.807) is 25.1 Å². The van der Waals surface area contributed by atoms with Gasteiger partial charge in [-0.25, -0.2) is 12.8 Å². The molecule has 0 bridgehead atoms. The standard InChI is InChI=1S/C22H28FN3O4S/c1-5-24-22(28)17(3)26(14-18-8-6-7-9-20(18)23)21(27)15-25(4)31(29,30)19-12-10-16(2)11-13-19/h6-13,17H,5,14-15H2,1-4H3,(H,24,28)/t17-/m1/s1. The molecule has 1 N–H and O–H groups in total. The summed E-state index contributed by atoms with van der Waals surface area (Å²) in [5.74, 6) is -1.53. The number of nitrogens with one attached hydrogen (secondary N) is 1. The summed E-state index contributed by atoms with van der Waals surface area (Å²) in [4.78, 5) is 26.7. The van der Waals surface area contributed by atoms with Crippen molar-refractivity contribution in [2.75, 3.05) is 20.1 Å². The van der Waals surface area contributed by atoms with E-state index in [4.69, 9.17) is 0 Å². The lowest BCUT2D eigenvalue weighted by atomic mass is 10.1. The van der Waals surface area contributed by atoms with Crippen LogP contribution in [0.5, 0.6) is 0 Å². The average molecular weight is 450 g/mol. The molecule has 0 heterocycles. The van der Waals surface area contributed by atoms with Gasteiger partial charge in [-0.05, 0) is 39.0 Å². The zero-order chi connectivity index (χ0) is 23.2. The van der Waals surface area contributed by atoms with E-state index in [0.717, 1.165) is 9.87 Å². The van der Waals surface area contributed by atoms with Crippen molar-refractivity contribution >= 4 is 21.8 Å². The van der Waals surface area contributed by atoms with Crippen LogP contribution in [0.25, 0.3) is 0 Å². The van der Waals surface area contributed by atoms with E-state index in [1.165, 1.54) is 49.2 Å². The zero-order valence-electron chi connectivity index (χ0n) is 18.1. The number of hydrogen-bond donors (Lipinski definition) is 1. The number of aryl methyl sites for hydroxylation is 1. The summed E-state index contributed by atoms with van der Waals surface area (Å²) in [6.45, 7) is 4.82. The fourth-order valence-corrected chi connectivity index (χ4v) is 4.09. The fraction of sp³-hybridized carbons (Fsp3) is 0.364. The summed E-state index contributed by atoms with van der Waals surface area (Å²) in [5, 5.41) is 2.64. The summed E-state index contributed by atoms with van der Waals surface area (Å²) in [6.07, 6.45) is 0. The Bertz CT molecular complexity index is 1030. The van der Waals surface area contributed by atoms with Gasteiger partial charge in [0, 0.05) is 25.7 Å². The first-order valence-corrected chi connectivity index (χ1v) is 11.4. The van der Waals surface area contributed by atoms with Crippen LogP contribution in [0.4, 0.5) is 4.39 Å². The SMILES string of the molecule is CCNC(=O)[C@@H](C)N(Cc1ccccc1F)C(=O)CN(C)S(=O)(=O)c1ccc(C)cc1. The molecule has 0 saturated carbocycles.